The number of hydrogen-bond acceptors (Lipinski definition) is 4. The molecule has 0 unspecified atom stereocenters. The van der Waals surface area contributed by atoms with Crippen molar-refractivity contribution < 1.29 is 14.3 Å². The van der Waals surface area contributed by atoms with Crippen molar-refractivity contribution in [3.8, 4) is 0 Å². The average Bonchev–Trinajstić information content (AvgIpc) is 3.38. The number of amides is 2. The van der Waals surface area contributed by atoms with Gasteiger partial charge in [-0.05, 0) is 62.1 Å². The summed E-state index contributed by atoms with van der Waals surface area (Å²) in [6.45, 7) is 3.58. The summed E-state index contributed by atoms with van der Waals surface area (Å²) in [5, 5.41) is 3.01. The van der Waals surface area contributed by atoms with E-state index in [4.69, 9.17) is 4.74 Å². The van der Waals surface area contributed by atoms with E-state index < -0.39 is 0 Å². The first-order valence-corrected chi connectivity index (χ1v) is 11.2. The Balaban J connectivity index is 1.45. The maximum Gasteiger partial charge on any atom is 0.256 e. The summed E-state index contributed by atoms with van der Waals surface area (Å²) in [6, 6.07) is 13.4. The van der Waals surface area contributed by atoms with Gasteiger partial charge in [0, 0.05) is 41.6 Å². The van der Waals surface area contributed by atoms with Crippen molar-refractivity contribution in [1.82, 2.24) is 0 Å². The summed E-state index contributed by atoms with van der Waals surface area (Å²) >= 11 is 1.68. The van der Waals surface area contributed by atoms with Crippen molar-refractivity contribution in [2.75, 3.05) is 29.1 Å². The fourth-order valence-corrected chi connectivity index (χ4v) is 5.00. The van der Waals surface area contributed by atoms with Gasteiger partial charge in [-0.1, -0.05) is 12.1 Å². The fraction of sp³-hybridized carbons (Fsp3) is 0.391. The zero-order valence-electron chi connectivity index (χ0n) is 16.6. The van der Waals surface area contributed by atoms with Crippen LogP contribution in [0.3, 0.4) is 0 Å². The van der Waals surface area contributed by atoms with Crippen molar-refractivity contribution in [1.29, 1.82) is 0 Å². The highest BCUT2D eigenvalue weighted by Gasteiger charge is 2.23. The van der Waals surface area contributed by atoms with E-state index >= 15 is 0 Å². The molecule has 0 aromatic heterocycles. The summed E-state index contributed by atoms with van der Waals surface area (Å²) in [6.07, 6.45) is 3.99. The Hall–Kier alpha value is -2.31. The van der Waals surface area contributed by atoms with Crippen molar-refractivity contribution >= 4 is 35.0 Å². The van der Waals surface area contributed by atoms with E-state index in [1.165, 1.54) is 0 Å². The first kappa shape index (κ1) is 20.0. The molecule has 0 spiro atoms. The number of nitrogens with one attached hydrogen (secondary N) is 1. The molecule has 29 heavy (non-hydrogen) atoms. The van der Waals surface area contributed by atoms with E-state index in [2.05, 4.69) is 5.32 Å². The molecule has 0 bridgehead atoms. The molecule has 0 saturated carbocycles. The molecule has 2 fully saturated rings. The second-order valence-electron chi connectivity index (χ2n) is 7.55. The van der Waals surface area contributed by atoms with Crippen LogP contribution in [0.15, 0.2) is 47.4 Å². The van der Waals surface area contributed by atoms with Gasteiger partial charge >= 0.3 is 0 Å². The molecular weight excluding hydrogens is 384 g/mol. The molecule has 5 nitrogen and oxygen atoms in total. The van der Waals surface area contributed by atoms with E-state index in [-0.39, 0.29) is 17.9 Å². The topological polar surface area (TPSA) is 58.6 Å². The smallest absolute Gasteiger partial charge is 0.256 e. The van der Waals surface area contributed by atoms with Crippen molar-refractivity contribution in [2.24, 2.45) is 0 Å². The quantitative estimate of drug-likeness (QED) is 0.705. The van der Waals surface area contributed by atoms with Crippen molar-refractivity contribution in [3.05, 3.63) is 53.6 Å². The maximum atomic E-state index is 12.9. The Morgan fingerprint density at radius 2 is 2.10 bits per heavy atom. The zero-order valence-corrected chi connectivity index (χ0v) is 17.5. The molecule has 2 heterocycles. The molecule has 152 valence electrons. The summed E-state index contributed by atoms with van der Waals surface area (Å²) in [7, 11) is 0. The predicted octanol–water partition coefficient (Wildman–Crippen LogP) is 4.65. The molecule has 4 rings (SSSR count). The molecule has 2 aliphatic rings. The third-order valence-corrected chi connectivity index (χ3v) is 6.60. The van der Waals surface area contributed by atoms with Gasteiger partial charge in [0.15, 0.2) is 0 Å². The number of thioether (sulfide) groups is 1. The van der Waals surface area contributed by atoms with Gasteiger partial charge in [-0.15, -0.1) is 11.8 Å². The van der Waals surface area contributed by atoms with Crippen LogP contribution in [0.1, 0.15) is 41.6 Å². The molecule has 0 radical (unpaired) electrons. The molecule has 2 aliphatic heterocycles. The van der Waals surface area contributed by atoms with Gasteiger partial charge in [-0.2, -0.15) is 0 Å². The lowest BCUT2D eigenvalue weighted by Crippen LogP contribution is -2.24. The van der Waals surface area contributed by atoms with Gasteiger partial charge in [-0.25, -0.2) is 0 Å². The minimum atomic E-state index is -0.121. The first-order valence-electron chi connectivity index (χ1n) is 10.2. The largest absolute Gasteiger partial charge is 0.377 e. The Bertz CT molecular complexity index is 909. The standard InChI is InChI=1S/C23H26N2O3S/c1-16-14-17(10-11-20(16)25-12-4-9-22(25)26)24-23(27)19-7-2-3-8-21(19)29-15-18-6-5-13-28-18/h2-3,7-8,10-11,14,18H,4-6,9,12-13,15H2,1H3,(H,24,27)/t18-/m1/s1. The number of aryl methyl sites for hydroxylation is 1. The summed E-state index contributed by atoms with van der Waals surface area (Å²) in [5.41, 5.74) is 3.32. The second-order valence-corrected chi connectivity index (χ2v) is 8.61. The number of ether oxygens (including phenoxy) is 1. The van der Waals surface area contributed by atoms with Gasteiger partial charge in [0.1, 0.15) is 0 Å². The molecule has 1 N–H and O–H groups in total. The Kier molecular flexibility index (Phi) is 6.21. The van der Waals surface area contributed by atoms with E-state index in [9.17, 15) is 9.59 Å². The highest BCUT2D eigenvalue weighted by Crippen LogP contribution is 2.29. The minimum absolute atomic E-state index is 0.121. The molecule has 2 amide bonds. The van der Waals surface area contributed by atoms with Crippen LogP contribution in [-0.2, 0) is 9.53 Å². The van der Waals surface area contributed by atoms with E-state index in [0.29, 0.717) is 12.0 Å². The maximum absolute atomic E-state index is 12.9. The molecule has 2 aromatic rings. The van der Waals surface area contributed by atoms with Crippen LogP contribution in [0.25, 0.3) is 0 Å². The summed E-state index contributed by atoms with van der Waals surface area (Å²) < 4.78 is 5.70. The number of carbonyl (C=O) groups is 2. The lowest BCUT2D eigenvalue weighted by atomic mass is 10.1. The summed E-state index contributed by atoms with van der Waals surface area (Å²) in [5.74, 6) is 0.911. The highest BCUT2D eigenvalue weighted by atomic mass is 32.2. The number of nitrogens with zero attached hydrogens (tertiary/aromatic N) is 1. The number of benzene rings is 2. The predicted molar refractivity (Wildman–Crippen MR) is 117 cm³/mol. The Morgan fingerprint density at radius 3 is 2.83 bits per heavy atom. The SMILES string of the molecule is Cc1cc(NC(=O)c2ccccc2SC[C@H]2CCCO2)ccc1N1CCCC1=O. The first-order chi connectivity index (χ1) is 14.1. The lowest BCUT2D eigenvalue weighted by Gasteiger charge is -2.19. The molecule has 1 atom stereocenters. The number of anilines is 2. The fourth-order valence-electron chi connectivity index (χ4n) is 3.88. The van der Waals surface area contributed by atoms with Crippen LogP contribution < -0.4 is 10.2 Å². The number of carbonyl (C=O) groups excluding carboxylic acids is 2. The number of hydrogen-bond donors (Lipinski definition) is 1. The third kappa shape index (κ3) is 4.65. The van der Waals surface area contributed by atoms with Crippen LogP contribution in [0, 0.1) is 6.92 Å². The summed E-state index contributed by atoms with van der Waals surface area (Å²) in [4.78, 5) is 27.7. The van der Waals surface area contributed by atoms with Crippen LogP contribution in [0.5, 0.6) is 0 Å². The Morgan fingerprint density at radius 1 is 1.24 bits per heavy atom. The molecule has 2 saturated heterocycles. The van der Waals surface area contributed by atoms with Gasteiger partial charge in [0.25, 0.3) is 5.91 Å². The molecular formula is C23H26N2O3S. The van der Waals surface area contributed by atoms with Crippen LogP contribution >= 0.6 is 11.8 Å². The van der Waals surface area contributed by atoms with Crippen LogP contribution in [-0.4, -0.2) is 36.8 Å². The number of rotatable bonds is 6. The van der Waals surface area contributed by atoms with Crippen LogP contribution in [0.2, 0.25) is 0 Å². The highest BCUT2D eigenvalue weighted by molar-refractivity contribution is 7.99. The molecule has 2 aromatic carbocycles. The van der Waals surface area contributed by atoms with Gasteiger partial charge in [0.05, 0.1) is 11.7 Å². The van der Waals surface area contributed by atoms with Crippen molar-refractivity contribution in [3.63, 3.8) is 0 Å². The van der Waals surface area contributed by atoms with E-state index in [0.717, 1.165) is 60.0 Å². The normalized spacial score (nSPS) is 19.0. The van der Waals surface area contributed by atoms with Gasteiger partial charge < -0.3 is 15.0 Å². The monoisotopic (exact) mass is 410 g/mol. The Labute approximate surface area is 175 Å². The van der Waals surface area contributed by atoms with E-state index in [1.807, 2.05) is 54.3 Å². The minimum Gasteiger partial charge on any atom is -0.377 e. The van der Waals surface area contributed by atoms with Gasteiger partial charge in [0.2, 0.25) is 5.91 Å². The molecule has 6 heteroatoms. The van der Waals surface area contributed by atoms with Crippen molar-refractivity contribution in [2.45, 2.75) is 43.6 Å². The lowest BCUT2D eigenvalue weighted by molar-refractivity contribution is -0.117. The van der Waals surface area contributed by atoms with E-state index in [1.54, 1.807) is 11.8 Å². The third-order valence-electron chi connectivity index (χ3n) is 5.40. The zero-order chi connectivity index (χ0) is 20.2. The van der Waals surface area contributed by atoms with Crippen LogP contribution in [0.4, 0.5) is 11.4 Å². The second kappa shape index (κ2) is 9.01. The van der Waals surface area contributed by atoms with Gasteiger partial charge in [-0.3, -0.25) is 9.59 Å². The average molecular weight is 411 g/mol. The molecule has 0 aliphatic carbocycles.